The first-order valence-electron chi connectivity index (χ1n) is 9.93. The molecule has 0 radical (unpaired) electrons. The van der Waals surface area contributed by atoms with Gasteiger partial charge in [-0.2, -0.15) is 0 Å². The smallest absolute Gasteiger partial charge is 0.493 e. The van der Waals surface area contributed by atoms with E-state index in [1.165, 1.54) is 51.5 Å². The predicted molar refractivity (Wildman–Crippen MR) is 114 cm³/mol. The molecule has 2 aliphatic rings. The molecule has 0 bridgehead atoms. The van der Waals surface area contributed by atoms with Crippen LogP contribution in [0.2, 0.25) is 0 Å². The van der Waals surface area contributed by atoms with Gasteiger partial charge in [-0.25, -0.2) is 4.98 Å². The number of aromatic nitrogens is 1. The van der Waals surface area contributed by atoms with Gasteiger partial charge >= 0.3 is 7.12 Å². The van der Waals surface area contributed by atoms with Gasteiger partial charge in [0, 0.05) is 23.0 Å². The molecule has 7 nitrogen and oxygen atoms in total. The normalized spacial score (nSPS) is 22.3. The van der Waals surface area contributed by atoms with Gasteiger partial charge in [0.15, 0.2) is 0 Å². The molecule has 1 saturated heterocycles. The highest BCUT2D eigenvalue weighted by molar-refractivity contribution is 7.90. The van der Waals surface area contributed by atoms with Gasteiger partial charge in [-0.1, -0.05) is 12.5 Å². The van der Waals surface area contributed by atoms with Crippen LogP contribution in [0.5, 0.6) is 5.88 Å². The molecule has 1 spiro atoms. The lowest BCUT2D eigenvalue weighted by Gasteiger charge is -2.40. The third-order valence-electron chi connectivity index (χ3n) is 5.58. The number of piperidine rings is 1. The quantitative estimate of drug-likeness (QED) is 0.427. The van der Waals surface area contributed by atoms with Crippen molar-refractivity contribution in [1.29, 1.82) is 0 Å². The summed E-state index contributed by atoms with van der Waals surface area (Å²) >= 11 is -0.925. The summed E-state index contributed by atoms with van der Waals surface area (Å²) in [5.74, 6) is 0.238. The first-order chi connectivity index (χ1) is 13.2. The highest BCUT2D eigenvalue weighted by Crippen LogP contribution is 2.45. The van der Waals surface area contributed by atoms with Crippen LogP contribution in [-0.2, 0) is 11.4 Å². The van der Waals surface area contributed by atoms with Gasteiger partial charge in [0.2, 0.25) is 5.88 Å². The maximum atomic E-state index is 12.2. The molecular weight excluding hydrogens is 377 g/mol. The molecule has 1 aromatic heterocycles. The Morgan fingerprint density at radius 1 is 1.32 bits per heavy atom. The molecule has 9 heteroatoms. The minimum atomic E-state index is -1.53. The number of hydrogen-bond acceptors (Lipinski definition) is 7. The third kappa shape index (κ3) is 6.08. The standard InChI is InChI=1S/C13H26N2OS.C6H8BNO3/c1-12(2,3)17(16)15-11-5-4-6-13(11)7-9-14-10-8-13;1-11-6-5(7(9)10)3-2-4-8-6/h11,14-15H,4-10H2,1-3H3;2-4,9-10H,1H3/t11-,17-;/m1./s1. The first kappa shape index (κ1) is 23.4. The zero-order valence-electron chi connectivity index (χ0n) is 17.4. The number of hydrogen-bond donors (Lipinski definition) is 4. The topological polar surface area (TPSA) is 110 Å². The Labute approximate surface area is 172 Å². The molecule has 2 heterocycles. The van der Waals surface area contributed by atoms with Crippen LogP contribution >= 0.6 is 0 Å². The number of nitrogens with one attached hydrogen (secondary N) is 2. The van der Waals surface area contributed by atoms with Crippen LogP contribution in [0.25, 0.3) is 0 Å². The molecule has 0 amide bonds. The van der Waals surface area contributed by atoms with Gasteiger partial charge in [-0.05, 0) is 71.0 Å². The van der Waals surface area contributed by atoms with Gasteiger partial charge in [0.25, 0.3) is 0 Å². The lowest BCUT2D eigenvalue weighted by molar-refractivity contribution is 0.173. The number of ether oxygens (including phenoxy) is 1. The van der Waals surface area contributed by atoms with Crippen molar-refractivity contribution in [3.8, 4) is 5.88 Å². The van der Waals surface area contributed by atoms with Crippen molar-refractivity contribution >= 4 is 23.9 Å². The van der Waals surface area contributed by atoms with E-state index >= 15 is 0 Å². The Hall–Kier alpha value is -0.835. The summed E-state index contributed by atoms with van der Waals surface area (Å²) in [5, 5.41) is 21.0. The van der Waals surface area contributed by atoms with E-state index in [2.05, 4.69) is 15.0 Å². The average molecular weight is 411 g/mol. The van der Waals surface area contributed by atoms with E-state index in [1.54, 1.807) is 6.07 Å². The van der Waals surface area contributed by atoms with Gasteiger partial charge in [0.05, 0.1) is 13.2 Å². The SMILES string of the molecule is CC(C)(C)[S@@+]([O-])N[C@@H]1CCCC12CCNCC2.COc1ncccc1B(O)O. The second-order valence-electron chi connectivity index (χ2n) is 8.53. The molecule has 2 fully saturated rings. The van der Waals surface area contributed by atoms with Crippen molar-refractivity contribution in [2.24, 2.45) is 5.41 Å². The summed E-state index contributed by atoms with van der Waals surface area (Å²) in [5.41, 5.74) is 0.696. The summed E-state index contributed by atoms with van der Waals surface area (Å²) in [6.45, 7) is 8.38. The predicted octanol–water partition coefficient (Wildman–Crippen LogP) is 0.731. The van der Waals surface area contributed by atoms with E-state index in [0.29, 0.717) is 11.5 Å². The Morgan fingerprint density at radius 3 is 2.54 bits per heavy atom. The molecule has 2 atom stereocenters. The van der Waals surface area contributed by atoms with Crippen molar-refractivity contribution in [1.82, 2.24) is 15.0 Å². The van der Waals surface area contributed by atoms with Crippen LogP contribution in [0.3, 0.4) is 0 Å². The fourth-order valence-corrected chi connectivity index (χ4v) is 4.90. The zero-order valence-corrected chi connectivity index (χ0v) is 18.2. The Kier molecular flexibility index (Phi) is 8.60. The van der Waals surface area contributed by atoms with E-state index in [1.807, 2.05) is 20.8 Å². The molecule has 1 aliphatic heterocycles. The summed E-state index contributed by atoms with van der Waals surface area (Å²) in [6, 6.07) is 3.61. The van der Waals surface area contributed by atoms with E-state index < -0.39 is 18.5 Å². The van der Waals surface area contributed by atoms with Crippen molar-refractivity contribution in [2.45, 2.75) is 63.7 Å². The van der Waals surface area contributed by atoms with Crippen LogP contribution in [0.4, 0.5) is 0 Å². The largest absolute Gasteiger partial charge is 0.598 e. The Morgan fingerprint density at radius 2 is 2.00 bits per heavy atom. The van der Waals surface area contributed by atoms with Gasteiger partial charge in [0.1, 0.15) is 4.75 Å². The highest BCUT2D eigenvalue weighted by Gasteiger charge is 2.46. The molecule has 1 saturated carbocycles. The number of rotatable bonds is 4. The van der Waals surface area contributed by atoms with E-state index in [0.717, 1.165) is 13.1 Å². The van der Waals surface area contributed by atoms with E-state index in [-0.39, 0.29) is 16.1 Å². The van der Waals surface area contributed by atoms with Gasteiger partial charge in [-0.15, -0.1) is 4.72 Å². The minimum absolute atomic E-state index is 0.156. The molecule has 28 heavy (non-hydrogen) atoms. The van der Waals surface area contributed by atoms with E-state index in [9.17, 15) is 4.55 Å². The van der Waals surface area contributed by atoms with E-state index in [4.69, 9.17) is 14.8 Å². The number of pyridine rings is 1. The fourth-order valence-electron chi connectivity index (χ4n) is 3.92. The second-order valence-corrected chi connectivity index (χ2v) is 10.5. The lowest BCUT2D eigenvalue weighted by Crippen LogP contribution is -2.52. The van der Waals surface area contributed by atoms with Crippen molar-refractivity contribution in [3.63, 3.8) is 0 Å². The van der Waals surface area contributed by atoms with Crippen LogP contribution in [-0.4, -0.2) is 57.7 Å². The molecule has 1 aliphatic carbocycles. The maximum Gasteiger partial charge on any atom is 0.493 e. The summed E-state index contributed by atoms with van der Waals surface area (Å²) < 4.78 is 20.3. The Balaban J connectivity index is 0.000000221. The van der Waals surface area contributed by atoms with Crippen LogP contribution in [0.15, 0.2) is 18.3 Å². The molecule has 3 rings (SSSR count). The highest BCUT2D eigenvalue weighted by atomic mass is 32.2. The Bertz CT molecular complexity index is 609. The molecule has 1 aromatic rings. The summed E-state index contributed by atoms with van der Waals surface area (Å²) in [6.07, 6.45) is 7.80. The molecular formula is C19H34BN3O4S. The first-order valence-corrected chi connectivity index (χ1v) is 11.1. The van der Waals surface area contributed by atoms with Crippen LogP contribution in [0.1, 0.15) is 52.9 Å². The van der Waals surface area contributed by atoms with Crippen molar-refractivity contribution in [3.05, 3.63) is 18.3 Å². The van der Waals surface area contributed by atoms with Crippen LogP contribution in [0, 0.1) is 5.41 Å². The molecule has 4 N–H and O–H groups in total. The summed E-state index contributed by atoms with van der Waals surface area (Å²) in [4.78, 5) is 3.78. The molecule has 158 valence electrons. The third-order valence-corrected chi connectivity index (χ3v) is 7.19. The number of nitrogens with zero attached hydrogens (tertiary/aromatic N) is 1. The lowest BCUT2D eigenvalue weighted by atomic mass is 9.75. The second kappa shape index (κ2) is 10.3. The van der Waals surface area contributed by atoms with Crippen molar-refractivity contribution in [2.75, 3.05) is 20.2 Å². The number of methoxy groups -OCH3 is 1. The molecule has 0 aromatic carbocycles. The monoisotopic (exact) mass is 411 g/mol. The van der Waals surface area contributed by atoms with Gasteiger partial charge in [-0.3, -0.25) is 0 Å². The average Bonchev–Trinajstić information content (AvgIpc) is 3.03. The van der Waals surface area contributed by atoms with Crippen molar-refractivity contribution < 1.29 is 19.3 Å². The maximum absolute atomic E-state index is 12.2. The zero-order chi connectivity index (χ0) is 20.8. The van der Waals surface area contributed by atoms with Gasteiger partial charge < -0.3 is 24.7 Å². The summed E-state index contributed by atoms with van der Waals surface area (Å²) in [7, 11) is -0.104. The minimum Gasteiger partial charge on any atom is -0.598 e. The fraction of sp³-hybridized carbons (Fsp3) is 0.737. The van der Waals surface area contributed by atoms with Crippen LogP contribution < -0.4 is 20.2 Å². The molecule has 0 unspecified atom stereocenters.